The Kier molecular flexibility index (Phi) is 9.82. The van der Waals surface area contributed by atoms with Crippen LogP contribution in [-0.2, 0) is 19.1 Å². The fourth-order valence-electron chi connectivity index (χ4n) is 6.18. The Bertz CT molecular complexity index is 1080. The van der Waals surface area contributed by atoms with Crippen molar-refractivity contribution in [2.45, 2.75) is 53.0 Å². The number of esters is 1. The molecule has 3 saturated heterocycles. The van der Waals surface area contributed by atoms with E-state index in [-0.39, 0.29) is 47.6 Å². The Labute approximate surface area is 242 Å². The molecule has 10 heteroatoms. The monoisotopic (exact) mass is 620 g/mol. The molecule has 0 saturated carbocycles. The number of anilines is 1. The van der Waals surface area contributed by atoms with Gasteiger partial charge in [0.2, 0.25) is 5.91 Å². The van der Waals surface area contributed by atoms with E-state index in [1.807, 2.05) is 18.2 Å². The van der Waals surface area contributed by atoms with Crippen LogP contribution in [0.2, 0.25) is 0 Å². The van der Waals surface area contributed by atoms with Crippen molar-refractivity contribution in [1.29, 1.82) is 0 Å². The summed E-state index contributed by atoms with van der Waals surface area (Å²) in [6.45, 7) is 8.24. The number of unbranched alkanes of at least 4 members (excludes halogenated alkanes) is 2. The first-order valence-corrected chi connectivity index (χ1v) is 15.2. The van der Waals surface area contributed by atoms with Crippen LogP contribution in [0.1, 0.15) is 32.1 Å². The van der Waals surface area contributed by atoms with E-state index in [4.69, 9.17) is 9.47 Å². The highest BCUT2D eigenvalue weighted by molar-refractivity contribution is 9.09. The first-order chi connectivity index (χ1) is 18.8. The number of likely N-dealkylation sites (tertiary alicyclic amines) is 1. The number of allylic oxidation sites excluding steroid dienone is 1. The third-order valence-electron chi connectivity index (χ3n) is 7.86. The highest BCUT2D eigenvalue weighted by Crippen LogP contribution is 2.68. The molecular formula is C29H37BrN2O6S. The molecule has 1 aromatic carbocycles. The lowest BCUT2D eigenvalue weighted by molar-refractivity contribution is -0.154. The summed E-state index contributed by atoms with van der Waals surface area (Å²) >= 11 is 5.35. The van der Waals surface area contributed by atoms with E-state index in [1.165, 1.54) is 0 Å². The summed E-state index contributed by atoms with van der Waals surface area (Å²) in [5.41, 5.74) is 0.665. The summed E-state index contributed by atoms with van der Waals surface area (Å²) in [6, 6.07) is 6.40. The molecule has 3 unspecified atom stereocenters. The Hall–Kier alpha value is -2.30. The van der Waals surface area contributed by atoms with Crippen molar-refractivity contribution in [3.63, 3.8) is 0 Å². The first-order valence-electron chi connectivity index (χ1n) is 13.4. The zero-order valence-electron chi connectivity index (χ0n) is 22.3. The SMILES string of the molecule is C=CCCCCOC(=O)[C@H]1[C@@H]2SC3(CC2Br)C(C(=O)N(CC=C)c2ccc(OC)cc2)N(CCCO)C(=O)[C@H]13. The Balaban J connectivity index is 1.67. The summed E-state index contributed by atoms with van der Waals surface area (Å²) in [6.07, 6.45) is 6.88. The molecule has 4 rings (SSSR count). The Morgan fingerprint density at radius 1 is 1.23 bits per heavy atom. The quantitative estimate of drug-likeness (QED) is 0.146. The number of methoxy groups -OCH3 is 1. The molecule has 6 atom stereocenters. The summed E-state index contributed by atoms with van der Waals surface area (Å²) < 4.78 is 10.2. The van der Waals surface area contributed by atoms with Crippen molar-refractivity contribution in [2.75, 3.05) is 38.3 Å². The maximum absolute atomic E-state index is 14.4. The van der Waals surface area contributed by atoms with Gasteiger partial charge in [-0.15, -0.1) is 24.9 Å². The van der Waals surface area contributed by atoms with Crippen LogP contribution < -0.4 is 9.64 Å². The predicted molar refractivity (Wildman–Crippen MR) is 156 cm³/mol. The smallest absolute Gasteiger partial charge is 0.310 e. The largest absolute Gasteiger partial charge is 0.497 e. The van der Waals surface area contributed by atoms with Gasteiger partial charge >= 0.3 is 5.97 Å². The van der Waals surface area contributed by atoms with Crippen molar-refractivity contribution in [3.05, 3.63) is 49.6 Å². The number of hydrogen-bond donors (Lipinski definition) is 1. The van der Waals surface area contributed by atoms with Crippen LogP contribution in [0.15, 0.2) is 49.6 Å². The standard InChI is InChI=1S/C29H37BrN2O6S/c1-4-6-7-8-17-38-28(36)22-23-26(34)32(15-9-16-33)25(29(23)18-21(30)24(22)39-29)27(35)31(14-5-2)19-10-12-20(37-3)13-11-19/h4-5,10-13,21-25,33H,1-2,6-9,14-18H2,3H3/t21?,22-,23+,24-,25?,29?/m1/s1. The number of aliphatic hydroxyl groups excluding tert-OH is 1. The number of thioether (sulfide) groups is 1. The summed E-state index contributed by atoms with van der Waals surface area (Å²) in [5.74, 6) is -1.43. The van der Waals surface area contributed by atoms with E-state index >= 15 is 0 Å². The van der Waals surface area contributed by atoms with Gasteiger partial charge in [-0.25, -0.2) is 0 Å². The Morgan fingerprint density at radius 2 is 1.97 bits per heavy atom. The van der Waals surface area contributed by atoms with Crippen LogP contribution in [-0.4, -0.2) is 82.1 Å². The lowest BCUT2D eigenvalue weighted by atomic mass is 9.71. The third kappa shape index (κ3) is 5.52. The molecule has 2 bridgehead atoms. The number of amides is 2. The van der Waals surface area contributed by atoms with Gasteiger partial charge in [-0.05, 0) is 56.4 Å². The van der Waals surface area contributed by atoms with Crippen LogP contribution in [0.3, 0.4) is 0 Å². The number of hydrogen-bond acceptors (Lipinski definition) is 7. The zero-order chi connectivity index (χ0) is 28.2. The van der Waals surface area contributed by atoms with E-state index in [0.29, 0.717) is 30.9 Å². The van der Waals surface area contributed by atoms with Crippen molar-refractivity contribution >= 4 is 51.2 Å². The number of carbonyl (C=O) groups excluding carboxylic acids is 3. The fourth-order valence-corrected chi connectivity index (χ4v) is 9.78. The number of aliphatic hydroxyl groups is 1. The molecule has 1 aromatic rings. The fraction of sp³-hybridized carbons (Fsp3) is 0.552. The average Bonchev–Trinajstić information content (AvgIpc) is 3.53. The molecule has 0 aliphatic carbocycles. The minimum Gasteiger partial charge on any atom is -0.497 e. The molecule has 3 aliphatic heterocycles. The highest BCUT2D eigenvalue weighted by atomic mass is 79.9. The first kappa shape index (κ1) is 29.7. The summed E-state index contributed by atoms with van der Waals surface area (Å²) in [5, 5.41) is 9.42. The van der Waals surface area contributed by atoms with Gasteiger partial charge in [-0.2, -0.15) is 0 Å². The van der Waals surface area contributed by atoms with Crippen LogP contribution in [0.5, 0.6) is 5.75 Å². The van der Waals surface area contributed by atoms with Gasteiger partial charge < -0.3 is 24.4 Å². The normalized spacial score (nSPS) is 28.7. The molecule has 3 fully saturated rings. The predicted octanol–water partition coefficient (Wildman–Crippen LogP) is 3.96. The van der Waals surface area contributed by atoms with Crippen molar-refractivity contribution < 1.29 is 29.0 Å². The van der Waals surface area contributed by atoms with E-state index in [1.54, 1.807) is 46.9 Å². The number of nitrogens with zero attached hydrogens (tertiary/aromatic N) is 2. The van der Waals surface area contributed by atoms with E-state index in [9.17, 15) is 19.5 Å². The van der Waals surface area contributed by atoms with Gasteiger partial charge in [0.1, 0.15) is 11.8 Å². The number of alkyl halides is 1. The summed E-state index contributed by atoms with van der Waals surface area (Å²) in [7, 11) is 1.58. The lowest BCUT2D eigenvalue weighted by Crippen LogP contribution is -2.55. The second kappa shape index (κ2) is 12.9. The molecular weight excluding hydrogens is 584 g/mol. The Morgan fingerprint density at radius 3 is 2.62 bits per heavy atom. The van der Waals surface area contributed by atoms with Gasteiger partial charge in [0.25, 0.3) is 5.91 Å². The number of ether oxygens (including phenoxy) is 2. The third-order valence-corrected chi connectivity index (χ3v) is 11.1. The molecule has 8 nitrogen and oxygen atoms in total. The van der Waals surface area contributed by atoms with Crippen LogP contribution >= 0.6 is 27.7 Å². The average molecular weight is 622 g/mol. The van der Waals surface area contributed by atoms with Gasteiger partial charge in [0, 0.05) is 35.5 Å². The molecule has 0 radical (unpaired) electrons. The molecule has 1 spiro atoms. The van der Waals surface area contributed by atoms with Crippen molar-refractivity contribution in [1.82, 2.24) is 4.90 Å². The van der Waals surface area contributed by atoms with E-state index in [0.717, 1.165) is 19.3 Å². The molecule has 3 aliphatic rings. The van der Waals surface area contributed by atoms with Gasteiger partial charge in [0.05, 0.1) is 30.3 Å². The maximum Gasteiger partial charge on any atom is 0.310 e. The van der Waals surface area contributed by atoms with E-state index in [2.05, 4.69) is 29.1 Å². The molecule has 3 heterocycles. The van der Waals surface area contributed by atoms with Gasteiger partial charge in [-0.1, -0.05) is 28.1 Å². The topological polar surface area (TPSA) is 96.4 Å². The number of rotatable bonds is 14. The zero-order valence-corrected chi connectivity index (χ0v) is 24.7. The van der Waals surface area contributed by atoms with Crippen molar-refractivity contribution in [2.24, 2.45) is 11.8 Å². The van der Waals surface area contributed by atoms with Gasteiger partial charge in [-0.3, -0.25) is 14.4 Å². The minimum absolute atomic E-state index is 0.0354. The highest BCUT2D eigenvalue weighted by Gasteiger charge is 2.76. The number of halogens is 1. The number of carbonyl (C=O) groups is 3. The van der Waals surface area contributed by atoms with Crippen LogP contribution in [0.25, 0.3) is 0 Å². The van der Waals surface area contributed by atoms with E-state index < -0.39 is 22.6 Å². The van der Waals surface area contributed by atoms with Crippen molar-refractivity contribution in [3.8, 4) is 5.75 Å². The molecule has 39 heavy (non-hydrogen) atoms. The second-order valence-electron chi connectivity index (χ2n) is 10.2. The molecule has 212 valence electrons. The molecule has 0 aromatic heterocycles. The van der Waals surface area contributed by atoms with Crippen LogP contribution in [0, 0.1) is 11.8 Å². The summed E-state index contributed by atoms with van der Waals surface area (Å²) in [4.78, 5) is 45.1. The lowest BCUT2D eigenvalue weighted by Gasteiger charge is -2.37. The van der Waals surface area contributed by atoms with Gasteiger partial charge in [0.15, 0.2) is 0 Å². The van der Waals surface area contributed by atoms with Crippen LogP contribution in [0.4, 0.5) is 5.69 Å². The minimum atomic E-state index is -0.788. The number of fused-ring (bicyclic) bond motifs is 1. The molecule has 2 amide bonds. The number of benzene rings is 1. The second-order valence-corrected chi connectivity index (χ2v) is 12.9. The molecule has 1 N–H and O–H groups in total. The maximum atomic E-state index is 14.4.